The standard InChI is InChI=1S/C24H24F6/c1-2-3-13-4-7-16-14(10-13)5-8-17-18(16)12-21(26)22(23(17)27)15-6-9-19(20(25)11-15)24(28,29)30/h6,9,11-14,16H,2-5,7-8,10H2,1H3. The molecule has 30 heavy (non-hydrogen) atoms. The van der Waals surface area contributed by atoms with Gasteiger partial charge in [0.15, 0.2) is 0 Å². The maximum Gasteiger partial charge on any atom is 0.419 e. The summed E-state index contributed by atoms with van der Waals surface area (Å²) in [6, 6.07) is 3.37. The van der Waals surface area contributed by atoms with Gasteiger partial charge in [-0.2, -0.15) is 13.2 Å². The number of fused-ring (bicyclic) bond motifs is 3. The van der Waals surface area contributed by atoms with Crippen LogP contribution in [0.1, 0.15) is 68.1 Å². The van der Waals surface area contributed by atoms with Crippen LogP contribution in [0.5, 0.6) is 0 Å². The SMILES string of the molecule is CCCC1CCC2c3cc(F)c(-c4ccc(C(F)(F)F)c(F)c4)c(F)c3CCC2C1. The summed E-state index contributed by atoms with van der Waals surface area (Å²) in [5.74, 6) is -1.95. The largest absolute Gasteiger partial charge is 0.419 e. The minimum atomic E-state index is -4.86. The van der Waals surface area contributed by atoms with Crippen molar-refractivity contribution >= 4 is 0 Å². The molecule has 0 nitrogen and oxygen atoms in total. The van der Waals surface area contributed by atoms with E-state index < -0.39 is 34.8 Å². The van der Waals surface area contributed by atoms with Crippen LogP contribution >= 0.6 is 0 Å². The van der Waals surface area contributed by atoms with Gasteiger partial charge < -0.3 is 0 Å². The van der Waals surface area contributed by atoms with Crippen molar-refractivity contribution in [3.8, 4) is 11.1 Å². The van der Waals surface area contributed by atoms with Gasteiger partial charge in [0.1, 0.15) is 17.5 Å². The van der Waals surface area contributed by atoms with Crippen molar-refractivity contribution < 1.29 is 26.3 Å². The summed E-state index contributed by atoms with van der Waals surface area (Å²) in [5.41, 5.74) is -0.988. The molecule has 0 saturated heterocycles. The summed E-state index contributed by atoms with van der Waals surface area (Å²) >= 11 is 0. The zero-order valence-electron chi connectivity index (χ0n) is 16.8. The Morgan fingerprint density at radius 1 is 0.967 bits per heavy atom. The number of benzene rings is 2. The summed E-state index contributed by atoms with van der Waals surface area (Å²) in [4.78, 5) is 0. The van der Waals surface area contributed by atoms with Gasteiger partial charge in [0.25, 0.3) is 0 Å². The minimum Gasteiger partial charge on any atom is -0.206 e. The van der Waals surface area contributed by atoms with Crippen molar-refractivity contribution in [2.45, 2.75) is 64.0 Å². The molecule has 0 bridgehead atoms. The highest BCUT2D eigenvalue weighted by molar-refractivity contribution is 5.68. The first-order valence-corrected chi connectivity index (χ1v) is 10.6. The predicted octanol–water partition coefficient (Wildman–Crippen LogP) is 8.04. The Morgan fingerprint density at radius 2 is 1.73 bits per heavy atom. The lowest BCUT2D eigenvalue weighted by atomic mass is 9.64. The normalized spacial score (nSPS) is 23.8. The number of hydrogen-bond acceptors (Lipinski definition) is 0. The first kappa shape index (κ1) is 21.3. The van der Waals surface area contributed by atoms with Gasteiger partial charge in [0, 0.05) is 0 Å². The molecule has 6 heteroatoms. The number of hydrogen-bond donors (Lipinski definition) is 0. The molecule has 3 atom stereocenters. The van der Waals surface area contributed by atoms with E-state index in [2.05, 4.69) is 6.92 Å². The Kier molecular flexibility index (Phi) is 5.62. The van der Waals surface area contributed by atoms with E-state index in [0.717, 1.165) is 38.2 Å². The molecule has 162 valence electrons. The Labute approximate surface area is 172 Å². The van der Waals surface area contributed by atoms with Crippen LogP contribution in [0, 0.1) is 29.3 Å². The van der Waals surface area contributed by atoms with Crippen LogP contribution in [0.15, 0.2) is 24.3 Å². The maximum absolute atomic E-state index is 15.3. The maximum atomic E-state index is 15.3. The van der Waals surface area contributed by atoms with Crippen LogP contribution in [0.2, 0.25) is 0 Å². The predicted molar refractivity (Wildman–Crippen MR) is 104 cm³/mol. The third kappa shape index (κ3) is 3.74. The second-order valence-electron chi connectivity index (χ2n) is 8.68. The van der Waals surface area contributed by atoms with E-state index >= 15 is 4.39 Å². The minimum absolute atomic E-state index is 0.115. The summed E-state index contributed by atoms with van der Waals surface area (Å²) < 4.78 is 82.7. The molecule has 2 aromatic rings. The molecule has 0 aromatic heterocycles. The topological polar surface area (TPSA) is 0 Å². The number of alkyl halides is 3. The Bertz CT molecular complexity index is 946. The van der Waals surface area contributed by atoms with E-state index in [4.69, 9.17) is 0 Å². The van der Waals surface area contributed by atoms with Crippen LogP contribution in [0.25, 0.3) is 11.1 Å². The fraction of sp³-hybridized carbons (Fsp3) is 0.500. The van der Waals surface area contributed by atoms with Crippen LogP contribution in [0.4, 0.5) is 26.3 Å². The fourth-order valence-electron chi connectivity index (χ4n) is 5.52. The molecule has 0 heterocycles. The average molecular weight is 426 g/mol. The smallest absolute Gasteiger partial charge is 0.206 e. The molecule has 3 unspecified atom stereocenters. The van der Waals surface area contributed by atoms with Crippen molar-refractivity contribution in [3.63, 3.8) is 0 Å². The molecule has 2 aliphatic rings. The van der Waals surface area contributed by atoms with Gasteiger partial charge in [0.05, 0.1) is 11.1 Å². The van der Waals surface area contributed by atoms with Crippen LogP contribution in [-0.4, -0.2) is 0 Å². The molecule has 2 aromatic carbocycles. The monoisotopic (exact) mass is 426 g/mol. The molecule has 0 radical (unpaired) electrons. The van der Waals surface area contributed by atoms with Gasteiger partial charge in [0.2, 0.25) is 0 Å². The van der Waals surface area contributed by atoms with Crippen molar-refractivity contribution in [1.29, 1.82) is 0 Å². The summed E-state index contributed by atoms with van der Waals surface area (Å²) in [7, 11) is 0. The van der Waals surface area contributed by atoms with Crippen LogP contribution in [-0.2, 0) is 12.6 Å². The highest BCUT2D eigenvalue weighted by Gasteiger charge is 2.38. The molecular formula is C24H24F6. The second kappa shape index (κ2) is 7.93. The van der Waals surface area contributed by atoms with E-state index in [1.807, 2.05) is 0 Å². The molecular weight excluding hydrogens is 402 g/mol. The zero-order valence-corrected chi connectivity index (χ0v) is 16.8. The summed E-state index contributed by atoms with van der Waals surface area (Å²) in [6.07, 6.45) is 1.76. The van der Waals surface area contributed by atoms with Gasteiger partial charge >= 0.3 is 6.18 Å². The third-order valence-corrected chi connectivity index (χ3v) is 6.87. The fourth-order valence-corrected chi connectivity index (χ4v) is 5.52. The lowest BCUT2D eigenvalue weighted by Gasteiger charge is -2.41. The molecule has 0 amide bonds. The Morgan fingerprint density at radius 3 is 2.40 bits per heavy atom. The first-order chi connectivity index (χ1) is 14.2. The lowest BCUT2D eigenvalue weighted by Crippen LogP contribution is -2.29. The Hall–Kier alpha value is -1.98. The van der Waals surface area contributed by atoms with Crippen LogP contribution in [0.3, 0.4) is 0 Å². The zero-order chi connectivity index (χ0) is 21.6. The molecule has 0 aliphatic heterocycles. The molecule has 2 aliphatic carbocycles. The van der Waals surface area contributed by atoms with E-state index in [0.29, 0.717) is 41.5 Å². The Balaban J connectivity index is 1.71. The molecule has 1 saturated carbocycles. The van der Waals surface area contributed by atoms with Gasteiger partial charge in [-0.25, -0.2) is 13.2 Å². The molecule has 0 spiro atoms. The second-order valence-corrected chi connectivity index (χ2v) is 8.68. The van der Waals surface area contributed by atoms with Crippen molar-refractivity contribution in [1.82, 2.24) is 0 Å². The van der Waals surface area contributed by atoms with E-state index in [1.54, 1.807) is 0 Å². The quantitative estimate of drug-likeness (QED) is 0.436. The van der Waals surface area contributed by atoms with Crippen LogP contribution < -0.4 is 0 Å². The first-order valence-electron chi connectivity index (χ1n) is 10.6. The summed E-state index contributed by atoms with van der Waals surface area (Å²) in [5, 5.41) is 0. The number of rotatable bonds is 3. The molecule has 1 fully saturated rings. The molecule has 0 N–H and O–H groups in total. The van der Waals surface area contributed by atoms with Crippen molar-refractivity contribution in [2.75, 3.05) is 0 Å². The van der Waals surface area contributed by atoms with Gasteiger partial charge in [-0.15, -0.1) is 0 Å². The highest BCUT2D eigenvalue weighted by atomic mass is 19.4. The van der Waals surface area contributed by atoms with E-state index in [-0.39, 0.29) is 11.5 Å². The van der Waals surface area contributed by atoms with Crippen molar-refractivity contribution in [2.24, 2.45) is 11.8 Å². The average Bonchev–Trinajstić information content (AvgIpc) is 2.67. The van der Waals surface area contributed by atoms with E-state index in [9.17, 15) is 22.0 Å². The molecule has 4 rings (SSSR count). The van der Waals surface area contributed by atoms with Gasteiger partial charge in [-0.1, -0.05) is 25.8 Å². The van der Waals surface area contributed by atoms with E-state index in [1.165, 1.54) is 12.5 Å². The number of halogens is 6. The highest BCUT2D eigenvalue weighted by Crippen LogP contribution is 2.49. The van der Waals surface area contributed by atoms with Gasteiger partial charge in [-0.05, 0) is 84.7 Å². The van der Waals surface area contributed by atoms with Gasteiger partial charge in [-0.3, -0.25) is 0 Å². The van der Waals surface area contributed by atoms with Crippen molar-refractivity contribution in [3.05, 3.63) is 58.4 Å². The summed E-state index contributed by atoms with van der Waals surface area (Å²) in [6.45, 7) is 2.17. The lowest BCUT2D eigenvalue weighted by molar-refractivity contribution is -0.139. The third-order valence-electron chi connectivity index (χ3n) is 6.87.